The van der Waals surface area contributed by atoms with Crippen LogP contribution in [0.3, 0.4) is 0 Å². The van der Waals surface area contributed by atoms with E-state index in [0.717, 1.165) is 0 Å². The average molecular weight is 548 g/mol. The Labute approximate surface area is 229 Å². The number of amides is 1. The molecule has 1 fully saturated rings. The number of carbonyl (C=O) groups excluding carboxylic acids is 4. The van der Waals surface area contributed by atoms with Crippen molar-refractivity contribution in [2.75, 3.05) is 14.1 Å². The van der Waals surface area contributed by atoms with Gasteiger partial charge in [0.25, 0.3) is 5.91 Å². The van der Waals surface area contributed by atoms with E-state index in [1.165, 1.54) is 17.2 Å². The van der Waals surface area contributed by atoms with E-state index in [9.17, 15) is 39.6 Å². The zero-order valence-electron chi connectivity index (χ0n) is 21.9. The van der Waals surface area contributed by atoms with Gasteiger partial charge in [0, 0.05) is 35.9 Å². The molecule has 0 saturated heterocycles. The van der Waals surface area contributed by atoms with Crippen LogP contribution in [0.4, 0.5) is 0 Å². The summed E-state index contributed by atoms with van der Waals surface area (Å²) in [5.41, 5.74) is 3.27. The lowest BCUT2D eigenvalue weighted by atomic mass is 9.57. The number of nitrogens with two attached hydrogens (primary N) is 1. The molecule has 3 aliphatic carbocycles. The Morgan fingerprint density at radius 2 is 1.88 bits per heavy atom. The molecule has 1 aromatic carbocycles. The molecule has 5 rings (SSSR count). The van der Waals surface area contributed by atoms with Gasteiger partial charge in [-0.15, -0.1) is 0 Å². The molecule has 40 heavy (non-hydrogen) atoms. The molecule has 3 aliphatic rings. The fraction of sp³-hybridized carbons (Fsp3) is 0.345. The summed E-state index contributed by atoms with van der Waals surface area (Å²) in [4.78, 5) is 57.3. The number of aliphatic hydroxyl groups is 3. The van der Waals surface area contributed by atoms with Gasteiger partial charge in [0.15, 0.2) is 17.2 Å². The number of ketones is 3. The second-order valence-corrected chi connectivity index (χ2v) is 10.7. The van der Waals surface area contributed by atoms with Crippen LogP contribution in [-0.2, 0) is 27.2 Å². The van der Waals surface area contributed by atoms with Crippen molar-refractivity contribution in [2.45, 2.75) is 37.3 Å². The number of aryl methyl sites for hydroxylation is 1. The largest absolute Gasteiger partial charge is 0.508 e. The molecule has 1 saturated carbocycles. The van der Waals surface area contributed by atoms with Crippen LogP contribution in [0.25, 0.3) is 5.76 Å². The number of benzene rings is 1. The van der Waals surface area contributed by atoms with Crippen LogP contribution in [0.5, 0.6) is 5.75 Å². The minimum atomic E-state index is -2.69. The minimum Gasteiger partial charge on any atom is -0.508 e. The SMILES string of the molecule is CN(C)C1C(=O)C(C(N)=O)=C(O)C2(O)C(=O)C3=C(O)c4c(O)ccc(CCC(=O)c5cccnc5)c4CC3CC12. The number of phenols is 1. The molecular weight excluding hydrogens is 518 g/mol. The molecular formula is C29H29N3O8. The second kappa shape index (κ2) is 9.68. The van der Waals surface area contributed by atoms with Crippen molar-refractivity contribution < 1.29 is 39.6 Å². The number of nitrogens with zero attached hydrogens (tertiary/aromatic N) is 2. The van der Waals surface area contributed by atoms with Crippen LogP contribution < -0.4 is 5.73 Å². The zero-order valence-corrected chi connectivity index (χ0v) is 21.9. The van der Waals surface area contributed by atoms with Crippen molar-refractivity contribution in [3.8, 4) is 5.75 Å². The van der Waals surface area contributed by atoms with Gasteiger partial charge < -0.3 is 26.2 Å². The van der Waals surface area contributed by atoms with Gasteiger partial charge in [-0.25, -0.2) is 0 Å². The number of likely N-dealkylation sites (N-methyl/N-ethyl adjacent to an activating group) is 1. The number of fused-ring (bicyclic) bond motifs is 3. The normalized spacial score (nSPS) is 25.9. The van der Waals surface area contributed by atoms with E-state index >= 15 is 0 Å². The minimum absolute atomic E-state index is 0.00242. The van der Waals surface area contributed by atoms with E-state index in [1.807, 2.05) is 0 Å². The van der Waals surface area contributed by atoms with Crippen LogP contribution >= 0.6 is 0 Å². The zero-order chi connectivity index (χ0) is 29.1. The maximum atomic E-state index is 13.9. The first-order chi connectivity index (χ1) is 18.9. The number of primary amides is 1. The van der Waals surface area contributed by atoms with Gasteiger partial charge >= 0.3 is 0 Å². The molecule has 11 nitrogen and oxygen atoms in total. The molecule has 208 valence electrons. The van der Waals surface area contributed by atoms with Gasteiger partial charge in [-0.1, -0.05) is 6.07 Å². The van der Waals surface area contributed by atoms with Crippen molar-refractivity contribution in [2.24, 2.45) is 17.6 Å². The molecule has 1 aromatic heterocycles. The fourth-order valence-electron chi connectivity index (χ4n) is 6.46. The quantitative estimate of drug-likeness (QED) is 0.259. The summed E-state index contributed by atoms with van der Waals surface area (Å²) in [5.74, 6) is -7.12. The second-order valence-electron chi connectivity index (χ2n) is 10.7. The molecule has 0 spiro atoms. The number of Topliss-reactive ketones (excluding diaryl/α,β-unsaturated/α-hetero) is 3. The van der Waals surface area contributed by atoms with Crippen LogP contribution in [-0.4, -0.2) is 79.3 Å². The van der Waals surface area contributed by atoms with E-state index < -0.39 is 58.0 Å². The highest BCUT2D eigenvalue weighted by molar-refractivity contribution is 6.24. The van der Waals surface area contributed by atoms with Crippen LogP contribution in [0.2, 0.25) is 0 Å². The highest BCUT2D eigenvalue weighted by Gasteiger charge is 2.64. The van der Waals surface area contributed by atoms with Crippen molar-refractivity contribution in [1.29, 1.82) is 0 Å². The molecule has 4 unspecified atom stereocenters. The summed E-state index contributed by atoms with van der Waals surface area (Å²) >= 11 is 0. The van der Waals surface area contributed by atoms with Crippen LogP contribution in [0.1, 0.15) is 39.9 Å². The molecule has 1 amide bonds. The average Bonchev–Trinajstić information content (AvgIpc) is 2.90. The lowest BCUT2D eigenvalue weighted by molar-refractivity contribution is -0.153. The lowest BCUT2D eigenvalue weighted by Crippen LogP contribution is -2.65. The Bertz CT molecular complexity index is 1530. The van der Waals surface area contributed by atoms with E-state index in [1.54, 1.807) is 38.5 Å². The van der Waals surface area contributed by atoms with Gasteiger partial charge in [-0.2, -0.15) is 0 Å². The summed E-state index contributed by atoms with van der Waals surface area (Å²) < 4.78 is 0. The van der Waals surface area contributed by atoms with Crippen molar-refractivity contribution in [3.63, 3.8) is 0 Å². The maximum absolute atomic E-state index is 13.9. The molecule has 4 atom stereocenters. The first-order valence-corrected chi connectivity index (χ1v) is 12.8. The highest BCUT2D eigenvalue weighted by Crippen LogP contribution is 2.53. The monoisotopic (exact) mass is 547 g/mol. The highest BCUT2D eigenvalue weighted by atomic mass is 16.3. The first-order valence-electron chi connectivity index (χ1n) is 12.8. The maximum Gasteiger partial charge on any atom is 0.255 e. The van der Waals surface area contributed by atoms with Gasteiger partial charge in [-0.3, -0.25) is 29.1 Å². The number of rotatable bonds is 6. The van der Waals surface area contributed by atoms with Gasteiger partial charge in [-0.05, 0) is 68.6 Å². The molecule has 6 N–H and O–H groups in total. The Kier molecular flexibility index (Phi) is 6.59. The Hall–Kier alpha value is -4.35. The summed E-state index contributed by atoms with van der Waals surface area (Å²) in [6.07, 6.45) is 3.63. The molecule has 0 bridgehead atoms. The van der Waals surface area contributed by atoms with E-state index in [0.29, 0.717) is 16.7 Å². The third-order valence-corrected chi connectivity index (χ3v) is 8.31. The standard InChI is InChI=1S/C29H29N3O8/c1-32(2)23-17-11-15-10-16-13(5-7-18(33)14-4-3-9-31-12-14)6-8-19(34)21(16)24(35)20(15)26(37)29(17,40)27(38)22(25(23)36)28(30)39/h3-4,6,8-9,12,15,17,23,34-35,38,40H,5,7,10-11H2,1-2H3,(H2,30,39). The number of phenolic OH excluding ortho intramolecular Hbond substituents is 1. The number of aromatic hydroxyl groups is 1. The van der Waals surface area contributed by atoms with Gasteiger partial charge in [0.05, 0.1) is 11.6 Å². The molecule has 1 heterocycles. The predicted molar refractivity (Wildman–Crippen MR) is 141 cm³/mol. The molecule has 0 aliphatic heterocycles. The van der Waals surface area contributed by atoms with E-state index in [-0.39, 0.29) is 48.4 Å². The number of pyridine rings is 1. The number of aromatic nitrogens is 1. The summed E-state index contributed by atoms with van der Waals surface area (Å²) in [7, 11) is 3.09. The van der Waals surface area contributed by atoms with Crippen LogP contribution in [0, 0.1) is 11.8 Å². The Balaban J connectivity index is 1.59. The number of hydrogen-bond acceptors (Lipinski definition) is 10. The molecule has 11 heteroatoms. The summed E-state index contributed by atoms with van der Waals surface area (Å²) in [5, 5.41) is 44.6. The van der Waals surface area contributed by atoms with Crippen LogP contribution in [0.15, 0.2) is 53.6 Å². The first kappa shape index (κ1) is 27.2. The van der Waals surface area contributed by atoms with E-state index in [2.05, 4.69) is 4.98 Å². The third kappa shape index (κ3) is 3.92. The number of hydrogen-bond donors (Lipinski definition) is 5. The van der Waals surface area contributed by atoms with Crippen molar-refractivity contribution in [1.82, 2.24) is 9.88 Å². The fourth-order valence-corrected chi connectivity index (χ4v) is 6.46. The smallest absolute Gasteiger partial charge is 0.255 e. The van der Waals surface area contributed by atoms with E-state index in [4.69, 9.17) is 5.73 Å². The van der Waals surface area contributed by atoms with Gasteiger partial charge in [0.1, 0.15) is 22.8 Å². The Morgan fingerprint density at radius 3 is 2.50 bits per heavy atom. The molecule has 2 aromatic rings. The van der Waals surface area contributed by atoms with Gasteiger partial charge in [0.2, 0.25) is 5.78 Å². The topological polar surface area (TPSA) is 191 Å². The summed E-state index contributed by atoms with van der Waals surface area (Å²) in [6, 6.07) is 5.19. The van der Waals surface area contributed by atoms with Crippen molar-refractivity contribution >= 4 is 29.0 Å². The molecule has 0 radical (unpaired) electrons. The van der Waals surface area contributed by atoms with Crippen molar-refractivity contribution in [3.05, 3.63) is 75.8 Å². The Morgan fingerprint density at radius 1 is 1.15 bits per heavy atom. The third-order valence-electron chi connectivity index (χ3n) is 8.31. The number of carbonyl (C=O) groups is 4. The summed E-state index contributed by atoms with van der Waals surface area (Å²) in [6.45, 7) is 0. The lowest BCUT2D eigenvalue weighted by Gasteiger charge is -2.50. The predicted octanol–water partition coefficient (Wildman–Crippen LogP) is 1.17. The number of aliphatic hydroxyl groups excluding tert-OH is 2.